The summed E-state index contributed by atoms with van der Waals surface area (Å²) in [5.74, 6) is 0.822. The molecular weight excluding hydrogens is 707 g/mol. The molecule has 290 valence electrons. The van der Waals surface area contributed by atoms with Gasteiger partial charge in [-0.3, -0.25) is 9.55 Å². The monoisotopic (exact) mass is 762 g/mol. The first-order chi connectivity index (χ1) is 29.0. The molecule has 0 unspecified atom stereocenters. The molecule has 0 saturated heterocycles. The Kier molecular flexibility index (Phi) is 9.19. The minimum atomic E-state index is -2.47. The number of phenolic OH excluding ortho intramolecular Hbond substituents is 1. The van der Waals surface area contributed by atoms with Crippen LogP contribution >= 0.6 is 0 Å². The summed E-state index contributed by atoms with van der Waals surface area (Å²) in [6.45, 7) is 14.7. The Labute approximate surface area is 348 Å². The standard InChI is InChI=1S/C54H53N3O/c1-33(2)41-30-46(34(3)4)52(58)47(31-41)53-56-51-45(16-13-17-50(51)57(53)49-23-22-39(26-36(49)6)37-14-11-10-12-15-37)42-27-43(29-44(28-42)54(7,8)9)48-32-40(24-25-55-48)38-20-18-35(5)19-21-38/h10-34,58H,1-9H3/i6D3. The molecule has 8 rings (SSSR count). The Hall–Kier alpha value is -6.26. The Bertz CT molecular complexity index is 2900. The zero-order chi connectivity index (χ0) is 43.4. The quantitative estimate of drug-likeness (QED) is 0.168. The average molecular weight is 763 g/mol. The molecule has 2 aromatic heterocycles. The molecule has 58 heavy (non-hydrogen) atoms. The maximum Gasteiger partial charge on any atom is 0.149 e. The summed E-state index contributed by atoms with van der Waals surface area (Å²) in [5, 5.41) is 12.2. The lowest BCUT2D eigenvalue weighted by molar-refractivity contribution is 0.466. The third-order valence-electron chi connectivity index (χ3n) is 11.3. The third kappa shape index (κ3) is 7.36. The molecule has 0 amide bonds. The number of para-hydroxylation sites is 1. The predicted octanol–water partition coefficient (Wildman–Crippen LogP) is 14.6. The van der Waals surface area contributed by atoms with Gasteiger partial charge in [0.05, 0.1) is 28.0 Å². The van der Waals surface area contributed by atoms with Gasteiger partial charge in [0.25, 0.3) is 0 Å². The van der Waals surface area contributed by atoms with Crippen LogP contribution in [0.4, 0.5) is 0 Å². The summed E-state index contributed by atoms with van der Waals surface area (Å²) in [4.78, 5) is 10.3. The number of phenols is 1. The van der Waals surface area contributed by atoms with Crippen molar-refractivity contribution in [3.05, 3.63) is 167 Å². The highest BCUT2D eigenvalue weighted by Gasteiger charge is 2.25. The normalized spacial score (nSPS) is 12.9. The second-order valence-corrected chi connectivity index (χ2v) is 17.2. The van der Waals surface area contributed by atoms with Crippen LogP contribution in [0.15, 0.2) is 140 Å². The van der Waals surface area contributed by atoms with Crippen LogP contribution in [-0.4, -0.2) is 19.6 Å². The van der Waals surface area contributed by atoms with E-state index in [0.29, 0.717) is 22.6 Å². The number of pyridine rings is 1. The molecule has 2 heterocycles. The van der Waals surface area contributed by atoms with E-state index in [-0.39, 0.29) is 28.6 Å². The molecule has 8 aromatic rings. The smallest absolute Gasteiger partial charge is 0.149 e. The van der Waals surface area contributed by atoms with Crippen LogP contribution in [0.1, 0.15) is 92.2 Å². The van der Waals surface area contributed by atoms with Crippen LogP contribution in [0.5, 0.6) is 5.75 Å². The van der Waals surface area contributed by atoms with E-state index in [0.717, 1.165) is 66.8 Å². The Balaban J connectivity index is 1.42. The van der Waals surface area contributed by atoms with Gasteiger partial charge in [-0.1, -0.05) is 139 Å². The molecule has 4 heteroatoms. The Morgan fingerprint density at radius 3 is 2.05 bits per heavy atom. The second-order valence-electron chi connectivity index (χ2n) is 17.2. The van der Waals surface area contributed by atoms with Crippen molar-refractivity contribution < 1.29 is 9.22 Å². The Morgan fingerprint density at radius 2 is 1.34 bits per heavy atom. The largest absolute Gasteiger partial charge is 0.507 e. The van der Waals surface area contributed by atoms with E-state index in [2.05, 4.69) is 116 Å². The van der Waals surface area contributed by atoms with Crippen LogP contribution < -0.4 is 0 Å². The molecule has 0 radical (unpaired) electrons. The van der Waals surface area contributed by atoms with E-state index in [9.17, 15) is 5.11 Å². The third-order valence-corrected chi connectivity index (χ3v) is 11.3. The van der Waals surface area contributed by atoms with E-state index >= 15 is 0 Å². The van der Waals surface area contributed by atoms with Crippen molar-refractivity contribution in [2.45, 2.75) is 79.5 Å². The molecule has 0 aliphatic heterocycles. The average Bonchev–Trinajstić information content (AvgIpc) is 3.62. The molecule has 0 saturated carbocycles. The van der Waals surface area contributed by atoms with Crippen LogP contribution in [0, 0.1) is 13.8 Å². The zero-order valence-corrected chi connectivity index (χ0v) is 34.7. The number of aryl methyl sites for hydroxylation is 2. The van der Waals surface area contributed by atoms with Gasteiger partial charge >= 0.3 is 0 Å². The van der Waals surface area contributed by atoms with Crippen molar-refractivity contribution >= 4 is 11.0 Å². The van der Waals surface area contributed by atoms with Crippen LogP contribution in [0.3, 0.4) is 0 Å². The fourth-order valence-electron chi connectivity index (χ4n) is 7.80. The summed E-state index contributed by atoms with van der Waals surface area (Å²) in [6.07, 6.45) is 1.87. The topological polar surface area (TPSA) is 50.9 Å². The van der Waals surface area contributed by atoms with Gasteiger partial charge in [-0.05, 0) is 130 Å². The fraction of sp³-hybridized carbons (Fsp3) is 0.222. The van der Waals surface area contributed by atoms with Crippen molar-refractivity contribution in [3.63, 3.8) is 0 Å². The lowest BCUT2D eigenvalue weighted by Crippen LogP contribution is -2.11. The molecule has 0 aliphatic carbocycles. The van der Waals surface area contributed by atoms with Crippen LogP contribution in [0.25, 0.3) is 72.7 Å². The van der Waals surface area contributed by atoms with Crippen molar-refractivity contribution in [1.29, 1.82) is 0 Å². The number of fused-ring (bicyclic) bond motifs is 1. The van der Waals surface area contributed by atoms with Gasteiger partial charge in [0.1, 0.15) is 11.6 Å². The fourth-order valence-corrected chi connectivity index (χ4v) is 7.80. The predicted molar refractivity (Wildman–Crippen MR) is 244 cm³/mol. The van der Waals surface area contributed by atoms with Gasteiger partial charge in [-0.2, -0.15) is 0 Å². The maximum absolute atomic E-state index is 12.2. The lowest BCUT2D eigenvalue weighted by atomic mass is 9.83. The number of benzene rings is 6. The maximum atomic E-state index is 12.2. The van der Waals surface area contributed by atoms with Crippen LogP contribution in [-0.2, 0) is 5.41 Å². The summed E-state index contributed by atoms with van der Waals surface area (Å²) in [5.41, 5.74) is 14.3. The van der Waals surface area contributed by atoms with Gasteiger partial charge in [0.2, 0.25) is 0 Å². The number of imidazole rings is 1. The molecule has 0 atom stereocenters. The molecular formula is C54H53N3O. The first-order valence-electron chi connectivity index (χ1n) is 21.8. The minimum absolute atomic E-state index is 0.0330. The van der Waals surface area contributed by atoms with Crippen molar-refractivity contribution in [2.75, 3.05) is 0 Å². The lowest BCUT2D eigenvalue weighted by Gasteiger charge is -2.22. The van der Waals surface area contributed by atoms with Crippen LogP contribution in [0.2, 0.25) is 0 Å². The second kappa shape index (κ2) is 15.2. The SMILES string of the molecule is [2H]C([2H])([2H])c1cc(-c2ccccc2)ccc1-n1c(-c2cc(C(C)C)cc(C(C)C)c2O)nc2c(-c3cc(-c4cc(-c5ccc(C)cc5)ccn4)cc(C(C)(C)C)c3)cccc21. The molecule has 6 aromatic carbocycles. The zero-order valence-electron chi connectivity index (χ0n) is 37.7. The van der Waals surface area contributed by atoms with E-state index in [4.69, 9.17) is 14.1 Å². The van der Waals surface area contributed by atoms with Gasteiger partial charge in [0, 0.05) is 21.4 Å². The Morgan fingerprint density at radius 1 is 0.638 bits per heavy atom. The summed E-state index contributed by atoms with van der Waals surface area (Å²) in [7, 11) is 0. The molecule has 0 bridgehead atoms. The van der Waals surface area contributed by atoms with E-state index in [1.165, 1.54) is 5.56 Å². The van der Waals surface area contributed by atoms with E-state index in [1.807, 2.05) is 77.5 Å². The van der Waals surface area contributed by atoms with Gasteiger partial charge in [0.15, 0.2) is 0 Å². The first kappa shape index (κ1) is 34.9. The summed E-state index contributed by atoms with van der Waals surface area (Å²) in [6, 6.07) is 45.0. The molecule has 0 fully saturated rings. The number of nitrogens with zero attached hydrogens (tertiary/aromatic N) is 3. The van der Waals surface area contributed by atoms with E-state index in [1.54, 1.807) is 6.07 Å². The minimum Gasteiger partial charge on any atom is -0.507 e. The molecule has 4 nitrogen and oxygen atoms in total. The number of hydrogen-bond acceptors (Lipinski definition) is 3. The number of rotatable bonds is 8. The van der Waals surface area contributed by atoms with Crippen molar-refractivity contribution in [1.82, 2.24) is 14.5 Å². The molecule has 0 aliphatic rings. The van der Waals surface area contributed by atoms with E-state index < -0.39 is 6.85 Å². The number of aromatic nitrogens is 3. The van der Waals surface area contributed by atoms with Crippen molar-refractivity contribution in [2.24, 2.45) is 0 Å². The van der Waals surface area contributed by atoms with Gasteiger partial charge in [-0.25, -0.2) is 4.98 Å². The summed E-state index contributed by atoms with van der Waals surface area (Å²) < 4.78 is 28.6. The molecule has 0 spiro atoms. The number of aromatic hydroxyl groups is 1. The van der Waals surface area contributed by atoms with Gasteiger partial charge in [-0.15, -0.1) is 0 Å². The molecule has 1 N–H and O–H groups in total. The summed E-state index contributed by atoms with van der Waals surface area (Å²) >= 11 is 0. The van der Waals surface area contributed by atoms with Crippen molar-refractivity contribution in [3.8, 4) is 67.5 Å². The first-order valence-corrected chi connectivity index (χ1v) is 20.3. The highest BCUT2D eigenvalue weighted by molar-refractivity contribution is 5.97. The number of hydrogen-bond donors (Lipinski definition) is 1. The van der Waals surface area contributed by atoms with Gasteiger partial charge < -0.3 is 5.11 Å². The highest BCUT2D eigenvalue weighted by atomic mass is 16.3. The highest BCUT2D eigenvalue weighted by Crippen LogP contribution is 2.44.